The van der Waals surface area contributed by atoms with Crippen LogP contribution in [0.25, 0.3) is 15.4 Å². The molecule has 0 spiro atoms. The summed E-state index contributed by atoms with van der Waals surface area (Å²) in [6.45, 7) is 13.3. The predicted molar refractivity (Wildman–Crippen MR) is 234 cm³/mol. The SMILES string of the molecule is Cc1ccc(Cn2cnc(-c3cccs3)c2)cc1.Cc1ccc(S(=O)(=O)[C@H]2N=CO[C@@H]2c2cccs2)cc1.O=Cc1cccs1.[C-]#[N+]CS(=O)(=O)c1ccc(C)cc1. The molecule has 5 heterocycles. The van der Waals surface area contributed by atoms with E-state index in [4.69, 9.17) is 11.3 Å². The van der Waals surface area contributed by atoms with E-state index in [9.17, 15) is 21.6 Å². The third-order valence-corrected chi connectivity index (χ3v) is 14.3. The monoisotopic (exact) mass is 868 g/mol. The van der Waals surface area contributed by atoms with E-state index in [0.29, 0.717) is 0 Å². The van der Waals surface area contributed by atoms with Crippen molar-refractivity contribution < 1.29 is 26.4 Å². The molecule has 15 heteroatoms. The molecule has 0 amide bonds. The second-order valence-corrected chi connectivity index (χ2v) is 19.7. The predicted octanol–water partition coefficient (Wildman–Crippen LogP) is 10.1. The molecule has 0 saturated heterocycles. The Hall–Kier alpha value is -5.50. The zero-order valence-corrected chi connectivity index (χ0v) is 35.9. The zero-order chi connectivity index (χ0) is 41.5. The Labute approximate surface area is 351 Å². The highest BCUT2D eigenvalue weighted by Crippen LogP contribution is 2.35. The fourth-order valence-corrected chi connectivity index (χ4v) is 9.74. The summed E-state index contributed by atoms with van der Waals surface area (Å²) in [7, 11) is -6.93. The first kappa shape index (κ1) is 43.6. The van der Waals surface area contributed by atoms with Crippen molar-refractivity contribution in [3.8, 4) is 10.6 Å². The summed E-state index contributed by atoms with van der Waals surface area (Å²) >= 11 is 4.64. The molecule has 0 aliphatic carbocycles. The van der Waals surface area contributed by atoms with Crippen molar-refractivity contribution in [2.75, 3.05) is 5.88 Å². The molecule has 2 atom stereocenters. The van der Waals surface area contributed by atoms with E-state index >= 15 is 0 Å². The Morgan fingerprint density at radius 1 is 0.759 bits per heavy atom. The van der Waals surface area contributed by atoms with Gasteiger partial charge in [0.05, 0.1) is 31.6 Å². The number of nitrogens with zero attached hydrogens (tertiary/aromatic N) is 4. The van der Waals surface area contributed by atoms with E-state index in [1.165, 1.54) is 57.2 Å². The number of sulfone groups is 2. The van der Waals surface area contributed by atoms with Gasteiger partial charge in [-0.25, -0.2) is 33.4 Å². The second kappa shape index (κ2) is 20.8. The standard InChI is InChI=1S/C15H14N2S.C14H13NO3S2.C9H9NO2S.C5H4OS/c1-12-4-6-13(7-5-12)9-17-10-14(16-11-17)15-3-2-8-18-15;1-10-4-6-11(7-5-10)20(16,17)14-13(18-9-15-14)12-3-2-8-19-12;1-8-3-5-9(6-4-8)13(11,12)7-10-2;6-4-5-2-1-3-7-5/h2-8,10-11H,9H2,1H3;2-9,13-14H,1H3;3-6H,7H2,1H3;1-4H/t;13-,14-;;/m.1../s1. The van der Waals surface area contributed by atoms with Crippen LogP contribution in [0.5, 0.6) is 0 Å². The van der Waals surface area contributed by atoms with Gasteiger partial charge in [-0.05, 0) is 84.9 Å². The normalized spacial score (nSPS) is 14.3. The lowest BCUT2D eigenvalue weighted by molar-refractivity contribution is 0.112. The Kier molecular flexibility index (Phi) is 15.6. The minimum absolute atomic E-state index is 0.217. The average molecular weight is 869 g/mol. The van der Waals surface area contributed by atoms with Crippen molar-refractivity contribution in [2.24, 2.45) is 4.99 Å². The van der Waals surface area contributed by atoms with Gasteiger partial charge in [-0.2, -0.15) is 0 Å². The van der Waals surface area contributed by atoms with Gasteiger partial charge in [0.25, 0.3) is 9.84 Å². The fourth-order valence-electron chi connectivity index (χ4n) is 5.24. The van der Waals surface area contributed by atoms with E-state index in [-0.39, 0.29) is 9.79 Å². The molecule has 0 bridgehead atoms. The zero-order valence-electron chi connectivity index (χ0n) is 31.8. The van der Waals surface area contributed by atoms with Crippen LogP contribution in [-0.2, 0) is 31.0 Å². The number of rotatable bonds is 9. The van der Waals surface area contributed by atoms with Crippen molar-refractivity contribution in [1.29, 1.82) is 0 Å². The maximum absolute atomic E-state index is 12.7. The summed E-state index contributed by atoms with van der Waals surface area (Å²) < 4.78 is 55.5. The highest BCUT2D eigenvalue weighted by Gasteiger charge is 2.40. The third kappa shape index (κ3) is 12.3. The largest absolute Gasteiger partial charge is 0.471 e. The quantitative estimate of drug-likeness (QED) is 0.104. The first-order valence-electron chi connectivity index (χ1n) is 17.6. The van der Waals surface area contributed by atoms with Gasteiger partial charge >= 0.3 is 5.88 Å². The minimum atomic E-state index is -3.55. The molecule has 298 valence electrons. The smallest absolute Gasteiger partial charge is 0.316 e. The molecule has 0 N–H and O–H groups in total. The first-order valence-corrected chi connectivity index (χ1v) is 23.5. The molecule has 4 aromatic heterocycles. The molecule has 0 fully saturated rings. The van der Waals surface area contributed by atoms with Crippen LogP contribution >= 0.6 is 34.0 Å². The van der Waals surface area contributed by atoms with E-state index < -0.39 is 37.0 Å². The Bertz CT molecular complexity index is 2610. The van der Waals surface area contributed by atoms with Gasteiger partial charge in [0.15, 0.2) is 18.8 Å². The van der Waals surface area contributed by atoms with Gasteiger partial charge < -0.3 is 9.30 Å². The minimum Gasteiger partial charge on any atom is -0.471 e. The number of ether oxygens (including phenoxy) is 1. The molecule has 0 unspecified atom stereocenters. The number of imidazole rings is 1. The second-order valence-electron chi connectivity index (χ2n) is 12.8. The van der Waals surface area contributed by atoms with Gasteiger partial charge in [0.2, 0.25) is 15.2 Å². The summed E-state index contributed by atoms with van der Waals surface area (Å²) in [5, 5.41) is 4.94. The van der Waals surface area contributed by atoms with E-state index in [1.807, 2.05) is 49.1 Å². The van der Waals surface area contributed by atoms with Crippen LogP contribution in [0.2, 0.25) is 0 Å². The van der Waals surface area contributed by atoms with E-state index in [0.717, 1.165) is 39.4 Å². The van der Waals surface area contributed by atoms with Crippen molar-refractivity contribution in [1.82, 2.24) is 9.55 Å². The number of carbonyl (C=O) groups is 1. The van der Waals surface area contributed by atoms with Gasteiger partial charge in [-0.15, -0.1) is 34.0 Å². The number of aliphatic imine (C=N–C) groups is 1. The molecular weight excluding hydrogens is 829 g/mol. The molecule has 8 rings (SSSR count). The van der Waals surface area contributed by atoms with Crippen LogP contribution in [0.1, 0.15) is 42.9 Å². The number of hydrogen-bond acceptors (Lipinski definition) is 11. The van der Waals surface area contributed by atoms with Gasteiger partial charge in [0.1, 0.15) is 0 Å². The maximum atomic E-state index is 12.7. The Morgan fingerprint density at radius 3 is 1.88 bits per heavy atom. The van der Waals surface area contributed by atoms with Crippen molar-refractivity contribution in [3.63, 3.8) is 0 Å². The van der Waals surface area contributed by atoms with Gasteiger partial charge in [-0.1, -0.05) is 83.4 Å². The number of aryl methyl sites for hydroxylation is 3. The Balaban J connectivity index is 0.000000156. The molecule has 0 radical (unpaired) electrons. The number of aromatic nitrogens is 2. The van der Waals surface area contributed by atoms with Crippen LogP contribution < -0.4 is 0 Å². The lowest BCUT2D eigenvalue weighted by Crippen LogP contribution is -2.24. The van der Waals surface area contributed by atoms with Gasteiger partial charge in [0, 0.05) is 17.6 Å². The lowest BCUT2D eigenvalue weighted by Gasteiger charge is -2.16. The summed E-state index contributed by atoms with van der Waals surface area (Å²) in [5.74, 6) is -0.476. The van der Waals surface area contributed by atoms with Crippen LogP contribution in [-0.4, -0.2) is 50.3 Å². The topological polar surface area (TPSA) is 129 Å². The first-order chi connectivity index (χ1) is 27.9. The number of benzene rings is 3. The van der Waals surface area contributed by atoms with Crippen molar-refractivity contribution in [3.05, 3.63) is 181 Å². The highest BCUT2D eigenvalue weighted by atomic mass is 32.2. The molecule has 1 aliphatic rings. The number of carbonyl (C=O) groups excluding carboxylic acids is 1. The Morgan fingerprint density at radius 2 is 1.34 bits per heavy atom. The number of hydrogen-bond donors (Lipinski definition) is 0. The molecule has 0 saturated carbocycles. The lowest BCUT2D eigenvalue weighted by atomic mass is 10.1. The summed E-state index contributed by atoms with van der Waals surface area (Å²) in [4.78, 5) is 24.6. The molecule has 7 aromatic rings. The van der Waals surface area contributed by atoms with Crippen LogP contribution in [0, 0.1) is 27.3 Å². The fraction of sp³-hybridized carbons (Fsp3) is 0.163. The average Bonchev–Trinajstić information content (AvgIpc) is 4.06. The van der Waals surface area contributed by atoms with Crippen molar-refractivity contribution in [2.45, 2.75) is 48.6 Å². The molecule has 1 aliphatic heterocycles. The summed E-state index contributed by atoms with van der Waals surface area (Å²) in [6.07, 6.45) is 5.53. The van der Waals surface area contributed by atoms with E-state index in [1.54, 1.807) is 53.8 Å². The molecule has 3 aromatic carbocycles. The van der Waals surface area contributed by atoms with Crippen LogP contribution in [0.3, 0.4) is 0 Å². The highest BCUT2D eigenvalue weighted by molar-refractivity contribution is 7.92. The molecule has 10 nitrogen and oxygen atoms in total. The van der Waals surface area contributed by atoms with Crippen LogP contribution in [0.15, 0.2) is 153 Å². The number of thiophene rings is 3. The van der Waals surface area contributed by atoms with Crippen molar-refractivity contribution >= 4 is 66.4 Å². The third-order valence-electron chi connectivity index (χ3n) is 8.33. The molecular formula is C43H40N4O6S5. The maximum Gasteiger partial charge on any atom is 0.316 e. The van der Waals surface area contributed by atoms with Gasteiger partial charge in [-0.3, -0.25) is 9.64 Å². The summed E-state index contributed by atoms with van der Waals surface area (Å²) in [5.41, 5.74) is 5.67. The van der Waals surface area contributed by atoms with Crippen LogP contribution in [0.4, 0.5) is 0 Å². The summed E-state index contributed by atoms with van der Waals surface area (Å²) in [6, 6.07) is 33.4. The van der Waals surface area contributed by atoms with E-state index in [2.05, 4.69) is 74.3 Å². The molecule has 58 heavy (non-hydrogen) atoms. The number of aldehydes is 1.